The molecule has 4 rings (SSSR count). The predicted molar refractivity (Wildman–Crippen MR) is 118 cm³/mol. The van der Waals surface area contributed by atoms with E-state index in [0.29, 0.717) is 25.1 Å². The first-order chi connectivity index (χ1) is 14.5. The van der Waals surface area contributed by atoms with Gasteiger partial charge in [0, 0.05) is 48.7 Å². The van der Waals surface area contributed by atoms with Crippen LogP contribution in [0.2, 0.25) is 0 Å². The zero-order valence-corrected chi connectivity index (χ0v) is 17.3. The summed E-state index contributed by atoms with van der Waals surface area (Å²) in [5, 5.41) is 6.16. The molecule has 160 valence electrons. The van der Waals surface area contributed by atoms with Crippen molar-refractivity contribution in [1.29, 1.82) is 0 Å². The third kappa shape index (κ3) is 4.42. The molecule has 30 heavy (non-hydrogen) atoms. The average molecular weight is 413 g/mol. The Morgan fingerprint density at radius 1 is 1.30 bits per heavy atom. The fourth-order valence-corrected chi connectivity index (χ4v) is 4.25. The van der Waals surface area contributed by atoms with E-state index in [9.17, 15) is 9.18 Å². The number of halogens is 1. The number of amides is 1. The predicted octanol–water partition coefficient (Wildman–Crippen LogP) is 3.05. The van der Waals surface area contributed by atoms with Crippen LogP contribution in [0.5, 0.6) is 0 Å². The molecule has 1 unspecified atom stereocenters. The normalized spacial score (nSPS) is 18.8. The molecule has 7 heteroatoms. The van der Waals surface area contributed by atoms with Gasteiger partial charge in [0.15, 0.2) is 0 Å². The lowest BCUT2D eigenvalue weighted by molar-refractivity contribution is -0.116. The van der Waals surface area contributed by atoms with Gasteiger partial charge in [-0.05, 0) is 49.6 Å². The highest BCUT2D eigenvalue weighted by Crippen LogP contribution is 2.32. The molecule has 0 bridgehead atoms. The van der Waals surface area contributed by atoms with E-state index < -0.39 is 6.04 Å². The van der Waals surface area contributed by atoms with E-state index in [0.717, 1.165) is 48.6 Å². The number of nitrogens with two attached hydrogens (primary N) is 1. The molecule has 2 heterocycles. The minimum absolute atomic E-state index is 0.156. The number of carbonyl (C=O) groups is 1. The molecule has 0 aromatic heterocycles. The maximum atomic E-state index is 14.1. The number of hydrogen-bond acceptors (Lipinski definition) is 5. The Morgan fingerprint density at radius 2 is 2.10 bits per heavy atom. The molecule has 0 spiro atoms. The summed E-state index contributed by atoms with van der Waals surface area (Å²) in [6.07, 6.45) is 2.55. The van der Waals surface area contributed by atoms with Gasteiger partial charge in [-0.1, -0.05) is 12.1 Å². The van der Waals surface area contributed by atoms with Gasteiger partial charge in [0.2, 0.25) is 5.91 Å². The van der Waals surface area contributed by atoms with Crippen LogP contribution in [0.15, 0.2) is 36.4 Å². The lowest BCUT2D eigenvalue weighted by Crippen LogP contribution is -2.37. The van der Waals surface area contributed by atoms with Gasteiger partial charge in [0.25, 0.3) is 0 Å². The topological polar surface area (TPSA) is 79.6 Å². The number of nitrogens with zero attached hydrogens (tertiary/aromatic N) is 1. The molecule has 1 amide bonds. The fraction of sp³-hybridized carbons (Fsp3) is 0.435. The Labute approximate surface area is 176 Å². The molecule has 2 aliphatic heterocycles. The van der Waals surface area contributed by atoms with E-state index in [-0.39, 0.29) is 17.8 Å². The molecule has 4 N–H and O–H groups in total. The first kappa shape index (κ1) is 20.6. The quantitative estimate of drug-likeness (QED) is 0.680. The van der Waals surface area contributed by atoms with Crippen LogP contribution in [-0.4, -0.2) is 44.3 Å². The molecule has 2 aromatic carbocycles. The van der Waals surface area contributed by atoms with Gasteiger partial charge in [-0.25, -0.2) is 4.39 Å². The molecular weight excluding hydrogens is 383 g/mol. The molecule has 1 atom stereocenters. The lowest BCUT2D eigenvalue weighted by Gasteiger charge is -2.33. The van der Waals surface area contributed by atoms with Crippen molar-refractivity contribution < 1.29 is 13.9 Å². The second-order valence-corrected chi connectivity index (χ2v) is 8.00. The molecule has 2 aliphatic rings. The molecule has 0 aliphatic carbocycles. The summed E-state index contributed by atoms with van der Waals surface area (Å²) in [7, 11) is 0. The summed E-state index contributed by atoms with van der Waals surface area (Å²) in [5.41, 5.74) is 9.61. The molecule has 0 saturated carbocycles. The van der Waals surface area contributed by atoms with Crippen molar-refractivity contribution in [3.05, 3.63) is 53.3 Å². The van der Waals surface area contributed by atoms with Crippen LogP contribution in [0.25, 0.3) is 0 Å². The number of rotatable bonds is 6. The van der Waals surface area contributed by atoms with Crippen LogP contribution in [-0.2, 0) is 16.0 Å². The Balaban J connectivity index is 1.37. The lowest BCUT2D eigenvalue weighted by atomic mass is 10.1. The van der Waals surface area contributed by atoms with E-state index in [2.05, 4.69) is 21.6 Å². The summed E-state index contributed by atoms with van der Waals surface area (Å²) in [6, 6.07) is 10.6. The van der Waals surface area contributed by atoms with E-state index in [4.69, 9.17) is 10.5 Å². The van der Waals surface area contributed by atoms with Crippen molar-refractivity contribution in [1.82, 2.24) is 0 Å². The minimum Gasteiger partial charge on any atom is -0.377 e. The monoisotopic (exact) mass is 412 g/mol. The van der Waals surface area contributed by atoms with Gasteiger partial charge in [-0.15, -0.1) is 0 Å². The van der Waals surface area contributed by atoms with Crippen molar-refractivity contribution in [2.75, 3.05) is 41.8 Å². The molecule has 2 aromatic rings. The maximum Gasteiger partial charge on any atom is 0.247 e. The molecular formula is C23H29FN4O2. The van der Waals surface area contributed by atoms with E-state index in [1.165, 1.54) is 6.07 Å². The Morgan fingerprint density at radius 3 is 2.83 bits per heavy atom. The van der Waals surface area contributed by atoms with E-state index in [1.54, 1.807) is 6.07 Å². The SMILES string of the molecule is Cc1ccc(F)c2c1NC(C(=O)Nc1cccc(N3CCC(OCCN)CC3)c1)C2. The van der Waals surface area contributed by atoms with E-state index in [1.807, 2.05) is 25.1 Å². The largest absolute Gasteiger partial charge is 0.377 e. The van der Waals surface area contributed by atoms with Crippen LogP contribution in [0.4, 0.5) is 21.5 Å². The standard InChI is InChI=1S/C23H29FN4O2/c1-15-5-6-20(24)19-14-21(27-22(15)19)23(29)26-16-3-2-4-17(13-16)28-10-7-18(8-11-28)30-12-9-25/h2-6,13,18,21,27H,7-12,14,25H2,1H3,(H,26,29). The molecule has 0 radical (unpaired) electrons. The summed E-state index contributed by atoms with van der Waals surface area (Å²) in [5.74, 6) is -0.421. The van der Waals surface area contributed by atoms with Crippen LogP contribution in [0, 0.1) is 12.7 Å². The number of hydrogen-bond donors (Lipinski definition) is 3. The zero-order chi connectivity index (χ0) is 21.1. The smallest absolute Gasteiger partial charge is 0.247 e. The van der Waals surface area contributed by atoms with Gasteiger partial charge in [-0.3, -0.25) is 4.79 Å². The third-order valence-electron chi connectivity index (χ3n) is 5.90. The first-order valence-electron chi connectivity index (χ1n) is 10.6. The highest BCUT2D eigenvalue weighted by Gasteiger charge is 2.30. The average Bonchev–Trinajstić information content (AvgIpc) is 3.23. The van der Waals surface area contributed by atoms with Gasteiger partial charge in [-0.2, -0.15) is 0 Å². The van der Waals surface area contributed by atoms with Crippen molar-refractivity contribution >= 4 is 23.0 Å². The second-order valence-electron chi connectivity index (χ2n) is 8.00. The fourth-order valence-electron chi connectivity index (χ4n) is 4.25. The molecule has 1 fully saturated rings. The summed E-state index contributed by atoms with van der Waals surface area (Å²) in [6.45, 7) is 4.89. The van der Waals surface area contributed by atoms with Crippen molar-refractivity contribution in [3.63, 3.8) is 0 Å². The van der Waals surface area contributed by atoms with E-state index >= 15 is 0 Å². The second kappa shape index (κ2) is 9.02. The highest BCUT2D eigenvalue weighted by molar-refractivity contribution is 5.98. The van der Waals surface area contributed by atoms with Crippen LogP contribution in [0.3, 0.4) is 0 Å². The third-order valence-corrected chi connectivity index (χ3v) is 5.90. The highest BCUT2D eigenvalue weighted by atomic mass is 19.1. The van der Waals surface area contributed by atoms with Crippen LogP contribution in [0.1, 0.15) is 24.0 Å². The minimum atomic E-state index is -0.477. The molecule has 6 nitrogen and oxygen atoms in total. The summed E-state index contributed by atoms with van der Waals surface area (Å²) >= 11 is 0. The maximum absolute atomic E-state index is 14.1. The molecule has 1 saturated heterocycles. The number of nitrogens with one attached hydrogen (secondary N) is 2. The number of fused-ring (bicyclic) bond motifs is 1. The van der Waals surface area contributed by atoms with Gasteiger partial charge >= 0.3 is 0 Å². The number of carbonyl (C=O) groups excluding carboxylic acids is 1. The Bertz CT molecular complexity index is 881. The first-order valence-corrected chi connectivity index (χ1v) is 10.6. The van der Waals surface area contributed by atoms with Crippen molar-refractivity contribution in [2.45, 2.75) is 38.3 Å². The van der Waals surface area contributed by atoms with Crippen LogP contribution < -0.4 is 21.3 Å². The Kier molecular flexibility index (Phi) is 6.20. The number of ether oxygens (including phenoxy) is 1. The summed E-state index contributed by atoms with van der Waals surface area (Å²) < 4.78 is 19.8. The Hall–Kier alpha value is -2.64. The number of anilines is 3. The van der Waals surface area contributed by atoms with Crippen molar-refractivity contribution in [3.8, 4) is 0 Å². The number of aryl methyl sites for hydroxylation is 1. The summed E-state index contributed by atoms with van der Waals surface area (Å²) in [4.78, 5) is 15.1. The van der Waals surface area contributed by atoms with Crippen LogP contribution >= 0.6 is 0 Å². The van der Waals surface area contributed by atoms with Gasteiger partial charge in [0.05, 0.1) is 12.7 Å². The van der Waals surface area contributed by atoms with Gasteiger partial charge < -0.3 is 26.0 Å². The number of benzene rings is 2. The number of piperidine rings is 1. The van der Waals surface area contributed by atoms with Gasteiger partial charge in [0.1, 0.15) is 11.9 Å². The zero-order valence-electron chi connectivity index (χ0n) is 17.3. The van der Waals surface area contributed by atoms with Crippen molar-refractivity contribution in [2.24, 2.45) is 5.73 Å².